The van der Waals surface area contributed by atoms with Gasteiger partial charge < -0.3 is 14.6 Å². The summed E-state index contributed by atoms with van der Waals surface area (Å²) in [6, 6.07) is 0.439. The molecule has 4 heteroatoms. The molecule has 0 bridgehead atoms. The maximum absolute atomic E-state index is 5.07. The first-order chi connectivity index (χ1) is 7.69. The topological polar surface area (TPSA) is 39.1 Å². The van der Waals surface area contributed by atoms with Crippen LogP contribution < -0.4 is 5.32 Å². The number of anilines is 1. The second-order valence-corrected chi connectivity index (χ2v) is 4.26. The van der Waals surface area contributed by atoms with Crippen molar-refractivity contribution in [3.05, 3.63) is 12.4 Å². The van der Waals surface area contributed by atoms with E-state index >= 15 is 0 Å². The number of methoxy groups -OCH3 is 1. The summed E-state index contributed by atoms with van der Waals surface area (Å²) >= 11 is 0. The zero-order valence-corrected chi connectivity index (χ0v) is 10.7. The molecule has 1 aromatic heterocycles. The Balaban J connectivity index is 2.55. The van der Waals surface area contributed by atoms with Crippen LogP contribution in [-0.2, 0) is 11.3 Å². The highest BCUT2D eigenvalue weighted by atomic mass is 16.5. The molecule has 1 heterocycles. The van der Waals surface area contributed by atoms with Crippen molar-refractivity contribution in [2.24, 2.45) is 5.92 Å². The van der Waals surface area contributed by atoms with Crippen LogP contribution in [0.3, 0.4) is 0 Å². The minimum Gasteiger partial charge on any atom is -0.383 e. The van der Waals surface area contributed by atoms with E-state index in [0.29, 0.717) is 18.6 Å². The van der Waals surface area contributed by atoms with Gasteiger partial charge in [-0.15, -0.1) is 0 Å². The SMILES string of the molecule is CCC(C)C(C)Nc1nccn1CCOC. The largest absolute Gasteiger partial charge is 0.383 e. The highest BCUT2D eigenvalue weighted by Gasteiger charge is 2.12. The van der Waals surface area contributed by atoms with Crippen LogP contribution in [-0.4, -0.2) is 29.3 Å². The molecular formula is C12H23N3O. The van der Waals surface area contributed by atoms with E-state index in [1.54, 1.807) is 7.11 Å². The smallest absolute Gasteiger partial charge is 0.203 e. The summed E-state index contributed by atoms with van der Waals surface area (Å²) in [4.78, 5) is 4.32. The lowest BCUT2D eigenvalue weighted by molar-refractivity contribution is 0.187. The van der Waals surface area contributed by atoms with Crippen molar-refractivity contribution in [2.45, 2.75) is 39.8 Å². The predicted molar refractivity (Wildman–Crippen MR) is 66.6 cm³/mol. The van der Waals surface area contributed by atoms with Crippen LogP contribution in [0.1, 0.15) is 27.2 Å². The van der Waals surface area contributed by atoms with Crippen molar-refractivity contribution >= 4 is 5.95 Å². The first-order valence-corrected chi connectivity index (χ1v) is 5.95. The minimum absolute atomic E-state index is 0.439. The number of rotatable bonds is 7. The van der Waals surface area contributed by atoms with Crippen LogP contribution in [0.25, 0.3) is 0 Å². The van der Waals surface area contributed by atoms with Gasteiger partial charge in [-0.3, -0.25) is 0 Å². The van der Waals surface area contributed by atoms with Gasteiger partial charge in [0.15, 0.2) is 0 Å². The fourth-order valence-corrected chi connectivity index (χ4v) is 1.52. The Morgan fingerprint density at radius 3 is 2.88 bits per heavy atom. The third-order valence-corrected chi connectivity index (χ3v) is 3.11. The maximum atomic E-state index is 5.07. The highest BCUT2D eigenvalue weighted by molar-refractivity contribution is 5.27. The lowest BCUT2D eigenvalue weighted by atomic mass is 10.0. The second kappa shape index (κ2) is 6.53. The highest BCUT2D eigenvalue weighted by Crippen LogP contribution is 2.13. The summed E-state index contributed by atoms with van der Waals surface area (Å²) in [6.45, 7) is 8.21. The predicted octanol–water partition coefficient (Wildman–Crippen LogP) is 2.38. The molecule has 92 valence electrons. The Bertz CT molecular complexity index is 298. The van der Waals surface area contributed by atoms with E-state index in [1.165, 1.54) is 6.42 Å². The van der Waals surface area contributed by atoms with E-state index in [1.807, 2.05) is 12.4 Å². The van der Waals surface area contributed by atoms with Gasteiger partial charge in [0, 0.05) is 32.1 Å². The molecule has 0 aromatic carbocycles. The van der Waals surface area contributed by atoms with Crippen LogP contribution >= 0.6 is 0 Å². The van der Waals surface area contributed by atoms with Gasteiger partial charge in [-0.1, -0.05) is 20.3 Å². The zero-order valence-electron chi connectivity index (χ0n) is 10.7. The fraction of sp³-hybridized carbons (Fsp3) is 0.750. The molecule has 0 saturated heterocycles. The molecule has 16 heavy (non-hydrogen) atoms. The molecule has 0 radical (unpaired) electrons. The van der Waals surface area contributed by atoms with Gasteiger partial charge in [0.25, 0.3) is 0 Å². The van der Waals surface area contributed by atoms with E-state index in [-0.39, 0.29) is 0 Å². The standard InChI is InChI=1S/C12H23N3O/c1-5-10(2)11(3)14-12-13-6-7-15(12)8-9-16-4/h6-7,10-11H,5,8-9H2,1-4H3,(H,13,14). The fourth-order valence-electron chi connectivity index (χ4n) is 1.52. The number of nitrogens with one attached hydrogen (secondary N) is 1. The summed E-state index contributed by atoms with van der Waals surface area (Å²) in [7, 11) is 1.71. The number of imidazole rings is 1. The molecule has 0 spiro atoms. The number of nitrogens with zero attached hydrogens (tertiary/aromatic N) is 2. The molecule has 0 aliphatic carbocycles. The second-order valence-electron chi connectivity index (χ2n) is 4.26. The molecule has 1 aromatic rings. The minimum atomic E-state index is 0.439. The third kappa shape index (κ3) is 3.52. The van der Waals surface area contributed by atoms with Gasteiger partial charge in [0.05, 0.1) is 6.61 Å². The molecule has 0 saturated carbocycles. The number of aromatic nitrogens is 2. The average molecular weight is 225 g/mol. The Morgan fingerprint density at radius 1 is 1.50 bits per heavy atom. The molecule has 0 amide bonds. The van der Waals surface area contributed by atoms with Crippen LogP contribution in [0, 0.1) is 5.92 Å². The van der Waals surface area contributed by atoms with E-state index in [2.05, 4.69) is 35.6 Å². The van der Waals surface area contributed by atoms with Gasteiger partial charge in [-0.2, -0.15) is 0 Å². The molecule has 1 N–H and O–H groups in total. The van der Waals surface area contributed by atoms with Crippen molar-refractivity contribution in [1.29, 1.82) is 0 Å². The molecule has 0 aliphatic heterocycles. The van der Waals surface area contributed by atoms with Crippen molar-refractivity contribution in [3.8, 4) is 0 Å². The Hall–Kier alpha value is -1.03. The Morgan fingerprint density at radius 2 is 2.25 bits per heavy atom. The summed E-state index contributed by atoms with van der Waals surface area (Å²) in [6.07, 6.45) is 4.97. The molecular weight excluding hydrogens is 202 g/mol. The Labute approximate surface area is 98.0 Å². The maximum Gasteiger partial charge on any atom is 0.203 e. The van der Waals surface area contributed by atoms with Crippen LogP contribution in [0.15, 0.2) is 12.4 Å². The summed E-state index contributed by atoms with van der Waals surface area (Å²) in [5.41, 5.74) is 0. The van der Waals surface area contributed by atoms with Gasteiger partial charge in [0.2, 0.25) is 5.95 Å². The normalized spacial score (nSPS) is 14.8. The zero-order chi connectivity index (χ0) is 12.0. The molecule has 4 nitrogen and oxygen atoms in total. The van der Waals surface area contributed by atoms with Crippen molar-refractivity contribution in [1.82, 2.24) is 9.55 Å². The average Bonchev–Trinajstić information content (AvgIpc) is 2.72. The van der Waals surface area contributed by atoms with Crippen LogP contribution in [0.4, 0.5) is 5.95 Å². The summed E-state index contributed by atoms with van der Waals surface area (Å²) < 4.78 is 7.15. The molecule has 0 aliphatic rings. The van der Waals surface area contributed by atoms with E-state index in [0.717, 1.165) is 12.5 Å². The molecule has 0 fully saturated rings. The van der Waals surface area contributed by atoms with Crippen molar-refractivity contribution < 1.29 is 4.74 Å². The van der Waals surface area contributed by atoms with Crippen molar-refractivity contribution in [3.63, 3.8) is 0 Å². The molecule has 2 atom stereocenters. The quantitative estimate of drug-likeness (QED) is 0.774. The first-order valence-electron chi connectivity index (χ1n) is 5.95. The number of ether oxygens (including phenoxy) is 1. The van der Waals surface area contributed by atoms with Gasteiger partial charge >= 0.3 is 0 Å². The van der Waals surface area contributed by atoms with Crippen LogP contribution in [0.5, 0.6) is 0 Å². The van der Waals surface area contributed by atoms with Gasteiger partial charge in [-0.05, 0) is 12.8 Å². The number of hydrogen-bond donors (Lipinski definition) is 1. The first kappa shape index (κ1) is 13.0. The summed E-state index contributed by atoms with van der Waals surface area (Å²) in [5.74, 6) is 1.58. The van der Waals surface area contributed by atoms with Gasteiger partial charge in [-0.25, -0.2) is 4.98 Å². The molecule has 1 rings (SSSR count). The monoisotopic (exact) mass is 225 g/mol. The Kier molecular flexibility index (Phi) is 5.32. The van der Waals surface area contributed by atoms with E-state index < -0.39 is 0 Å². The number of hydrogen-bond acceptors (Lipinski definition) is 3. The van der Waals surface area contributed by atoms with E-state index in [9.17, 15) is 0 Å². The van der Waals surface area contributed by atoms with E-state index in [4.69, 9.17) is 4.74 Å². The molecule has 2 unspecified atom stereocenters. The van der Waals surface area contributed by atoms with Crippen molar-refractivity contribution in [2.75, 3.05) is 19.0 Å². The third-order valence-electron chi connectivity index (χ3n) is 3.11. The lowest BCUT2D eigenvalue weighted by Crippen LogP contribution is -2.25. The lowest BCUT2D eigenvalue weighted by Gasteiger charge is -2.21. The van der Waals surface area contributed by atoms with Gasteiger partial charge in [0.1, 0.15) is 0 Å². The van der Waals surface area contributed by atoms with Crippen LogP contribution in [0.2, 0.25) is 0 Å². The summed E-state index contributed by atoms with van der Waals surface area (Å²) in [5, 5.41) is 3.45.